The van der Waals surface area contributed by atoms with Gasteiger partial charge in [-0.25, -0.2) is 0 Å². The van der Waals surface area contributed by atoms with Gasteiger partial charge in [0.1, 0.15) is 0 Å². The van der Waals surface area contributed by atoms with Crippen molar-refractivity contribution >= 4 is 0 Å². The van der Waals surface area contributed by atoms with Crippen molar-refractivity contribution in [2.45, 2.75) is 46.1 Å². The van der Waals surface area contributed by atoms with Gasteiger partial charge in [0.15, 0.2) is 0 Å². The molecule has 11 heavy (non-hydrogen) atoms. The van der Waals surface area contributed by atoms with Gasteiger partial charge < -0.3 is 5.73 Å². The molecule has 0 aromatic heterocycles. The Balaban J connectivity index is 0. The van der Waals surface area contributed by atoms with E-state index in [0.29, 0.717) is 6.04 Å². The smallest absolute Gasteiger partial charge is 0.00105 e. The second kappa shape index (κ2) is 9.70. The fraction of sp³-hybridized carbons (Fsp3) is 0.800. The highest BCUT2D eigenvalue weighted by Gasteiger charge is 1.99. The molecule has 0 aliphatic heterocycles. The second-order valence-corrected chi connectivity index (χ2v) is 3.07. The first-order valence-electron chi connectivity index (χ1n) is 4.42. The average molecular weight is 157 g/mol. The summed E-state index contributed by atoms with van der Waals surface area (Å²) in [5.74, 6) is 0.857. The summed E-state index contributed by atoms with van der Waals surface area (Å²) in [4.78, 5) is 0. The molecule has 0 spiro atoms. The minimum Gasteiger partial charge on any atom is -0.328 e. The van der Waals surface area contributed by atoms with Crippen molar-refractivity contribution in [3.8, 4) is 0 Å². The lowest BCUT2D eigenvalue weighted by Crippen LogP contribution is -2.15. The molecule has 0 bridgehead atoms. The highest BCUT2D eigenvalue weighted by atomic mass is 14.6. The third-order valence-electron chi connectivity index (χ3n) is 1.81. The Hall–Kier alpha value is -0.300. The third kappa shape index (κ3) is 12.8. The van der Waals surface area contributed by atoms with Crippen LogP contribution in [-0.2, 0) is 0 Å². The van der Waals surface area contributed by atoms with Gasteiger partial charge in [0.2, 0.25) is 0 Å². The molecular formula is C10H23N. The standard InChI is InChI=1S/C8H19N.C2H4/c1-4-7(2)5-6-8(3)9;1-2/h7-8H,4-6,9H2,1-3H3;1-2H2. The Morgan fingerprint density at radius 2 is 1.64 bits per heavy atom. The van der Waals surface area contributed by atoms with E-state index in [1.165, 1.54) is 19.3 Å². The number of hydrogen-bond donors (Lipinski definition) is 1. The minimum atomic E-state index is 0.388. The topological polar surface area (TPSA) is 26.0 Å². The van der Waals surface area contributed by atoms with Gasteiger partial charge in [0, 0.05) is 6.04 Å². The fourth-order valence-electron chi connectivity index (χ4n) is 0.752. The van der Waals surface area contributed by atoms with Gasteiger partial charge in [-0.3, -0.25) is 0 Å². The molecule has 0 saturated carbocycles. The summed E-state index contributed by atoms with van der Waals surface area (Å²) in [6.07, 6.45) is 3.75. The van der Waals surface area contributed by atoms with Crippen molar-refractivity contribution < 1.29 is 0 Å². The van der Waals surface area contributed by atoms with Crippen LogP contribution in [0.1, 0.15) is 40.0 Å². The van der Waals surface area contributed by atoms with Crippen LogP contribution in [0.4, 0.5) is 0 Å². The van der Waals surface area contributed by atoms with E-state index in [9.17, 15) is 0 Å². The predicted octanol–water partition coefficient (Wildman–Crippen LogP) is 2.96. The molecule has 0 saturated heterocycles. The van der Waals surface area contributed by atoms with Crippen molar-refractivity contribution in [2.75, 3.05) is 0 Å². The summed E-state index contributed by atoms with van der Waals surface area (Å²) in [5.41, 5.74) is 5.60. The lowest BCUT2D eigenvalue weighted by molar-refractivity contribution is 0.469. The molecule has 0 aliphatic rings. The normalized spacial score (nSPS) is 14.5. The molecule has 0 radical (unpaired) electrons. The van der Waals surface area contributed by atoms with Crippen molar-refractivity contribution in [3.63, 3.8) is 0 Å². The van der Waals surface area contributed by atoms with Crippen molar-refractivity contribution in [1.82, 2.24) is 0 Å². The summed E-state index contributed by atoms with van der Waals surface area (Å²) >= 11 is 0. The van der Waals surface area contributed by atoms with Crippen molar-refractivity contribution in [3.05, 3.63) is 13.2 Å². The maximum Gasteiger partial charge on any atom is 0.00105 e. The molecule has 0 amide bonds. The van der Waals surface area contributed by atoms with Crippen LogP contribution in [0.5, 0.6) is 0 Å². The molecule has 1 heteroatoms. The van der Waals surface area contributed by atoms with E-state index >= 15 is 0 Å². The number of rotatable bonds is 4. The maximum atomic E-state index is 5.60. The first kappa shape index (κ1) is 13.3. The van der Waals surface area contributed by atoms with Gasteiger partial charge in [-0.1, -0.05) is 20.3 Å². The molecule has 0 rings (SSSR count). The molecule has 0 aromatic carbocycles. The molecule has 0 aliphatic carbocycles. The highest BCUT2D eigenvalue weighted by Crippen LogP contribution is 2.09. The Labute approximate surface area is 71.7 Å². The fourth-order valence-corrected chi connectivity index (χ4v) is 0.752. The van der Waals surface area contributed by atoms with Crippen LogP contribution in [0.2, 0.25) is 0 Å². The van der Waals surface area contributed by atoms with Gasteiger partial charge in [0.25, 0.3) is 0 Å². The van der Waals surface area contributed by atoms with E-state index < -0.39 is 0 Å². The zero-order valence-electron chi connectivity index (χ0n) is 8.27. The molecular weight excluding hydrogens is 134 g/mol. The predicted molar refractivity (Wildman–Crippen MR) is 53.6 cm³/mol. The van der Waals surface area contributed by atoms with Crippen LogP contribution >= 0.6 is 0 Å². The second-order valence-electron chi connectivity index (χ2n) is 3.07. The van der Waals surface area contributed by atoms with Crippen LogP contribution in [-0.4, -0.2) is 6.04 Å². The zero-order chi connectivity index (χ0) is 9.28. The van der Waals surface area contributed by atoms with E-state index in [-0.39, 0.29) is 0 Å². The first-order chi connectivity index (χ1) is 5.16. The van der Waals surface area contributed by atoms with Gasteiger partial charge in [0.05, 0.1) is 0 Å². The summed E-state index contributed by atoms with van der Waals surface area (Å²) in [7, 11) is 0. The van der Waals surface area contributed by atoms with Crippen LogP contribution in [0.15, 0.2) is 13.2 Å². The maximum absolute atomic E-state index is 5.60. The monoisotopic (exact) mass is 157 g/mol. The summed E-state index contributed by atoms with van der Waals surface area (Å²) in [5, 5.41) is 0. The molecule has 0 heterocycles. The summed E-state index contributed by atoms with van der Waals surface area (Å²) < 4.78 is 0. The van der Waals surface area contributed by atoms with Crippen LogP contribution in [0, 0.1) is 5.92 Å². The zero-order valence-corrected chi connectivity index (χ0v) is 8.27. The highest BCUT2D eigenvalue weighted by molar-refractivity contribution is 4.56. The van der Waals surface area contributed by atoms with E-state index in [1.807, 2.05) is 0 Å². The Kier molecular flexibility index (Phi) is 11.7. The molecule has 0 aromatic rings. The molecule has 68 valence electrons. The Bertz CT molecular complexity index is 69.3. The first-order valence-corrected chi connectivity index (χ1v) is 4.42. The molecule has 2 unspecified atom stereocenters. The van der Waals surface area contributed by atoms with Gasteiger partial charge in [-0.2, -0.15) is 0 Å². The van der Waals surface area contributed by atoms with E-state index in [1.54, 1.807) is 0 Å². The van der Waals surface area contributed by atoms with Gasteiger partial charge in [-0.05, 0) is 25.7 Å². The Morgan fingerprint density at radius 1 is 1.18 bits per heavy atom. The molecule has 2 atom stereocenters. The Morgan fingerprint density at radius 3 is 1.91 bits per heavy atom. The van der Waals surface area contributed by atoms with Crippen LogP contribution < -0.4 is 5.73 Å². The van der Waals surface area contributed by atoms with E-state index in [0.717, 1.165) is 5.92 Å². The molecule has 1 nitrogen and oxygen atoms in total. The van der Waals surface area contributed by atoms with Crippen LogP contribution in [0.3, 0.4) is 0 Å². The van der Waals surface area contributed by atoms with E-state index in [2.05, 4.69) is 33.9 Å². The summed E-state index contributed by atoms with van der Waals surface area (Å²) in [6, 6.07) is 0.388. The number of nitrogens with two attached hydrogens (primary N) is 1. The average Bonchev–Trinajstić information content (AvgIpc) is 2.04. The third-order valence-corrected chi connectivity index (χ3v) is 1.81. The van der Waals surface area contributed by atoms with E-state index in [4.69, 9.17) is 5.73 Å². The van der Waals surface area contributed by atoms with Gasteiger partial charge >= 0.3 is 0 Å². The lowest BCUT2D eigenvalue weighted by Gasteiger charge is -2.09. The number of hydrogen-bond acceptors (Lipinski definition) is 1. The summed E-state index contributed by atoms with van der Waals surface area (Å²) in [6.45, 7) is 12.6. The van der Waals surface area contributed by atoms with Gasteiger partial charge in [-0.15, -0.1) is 13.2 Å². The lowest BCUT2D eigenvalue weighted by atomic mass is 10.0. The molecule has 2 N–H and O–H groups in total. The minimum absolute atomic E-state index is 0.388. The van der Waals surface area contributed by atoms with Crippen LogP contribution in [0.25, 0.3) is 0 Å². The largest absolute Gasteiger partial charge is 0.328 e. The SMILES string of the molecule is C=C.CCC(C)CCC(C)N. The van der Waals surface area contributed by atoms with Crippen molar-refractivity contribution in [2.24, 2.45) is 11.7 Å². The molecule has 0 fully saturated rings. The van der Waals surface area contributed by atoms with Crippen molar-refractivity contribution in [1.29, 1.82) is 0 Å². The quantitative estimate of drug-likeness (QED) is 0.624.